The molecule has 3 aliphatic carbocycles. The molecule has 1 aromatic rings. The number of fused-ring (bicyclic) bond motifs is 5. The van der Waals surface area contributed by atoms with Crippen molar-refractivity contribution in [2.24, 2.45) is 23.7 Å². The van der Waals surface area contributed by atoms with E-state index in [2.05, 4.69) is 10.3 Å². The van der Waals surface area contributed by atoms with Crippen molar-refractivity contribution in [2.75, 3.05) is 0 Å². The molecule has 4 unspecified atom stereocenters. The molecular formula is C14H15ClN2O. The van der Waals surface area contributed by atoms with Crippen molar-refractivity contribution in [1.82, 2.24) is 10.3 Å². The molecule has 1 N–H and O–H groups in total. The van der Waals surface area contributed by atoms with Crippen LogP contribution in [-0.4, -0.2) is 16.9 Å². The van der Waals surface area contributed by atoms with Gasteiger partial charge in [-0.05, 0) is 55.1 Å². The number of hydrogen-bond donors (Lipinski definition) is 1. The van der Waals surface area contributed by atoms with Crippen LogP contribution >= 0.6 is 11.6 Å². The standard InChI is InChI=1S/C14H15ClN2O/c15-10-4-3-9(6-16-10)14(18)17-13-11-7-1-2-8(5-7)12(11)13/h3-4,6-8,11-13H,1-2,5H2,(H,17,18). The Morgan fingerprint density at radius 1 is 1.28 bits per heavy atom. The number of amides is 1. The summed E-state index contributed by atoms with van der Waals surface area (Å²) in [6, 6.07) is 3.82. The molecule has 0 radical (unpaired) electrons. The van der Waals surface area contributed by atoms with Crippen molar-refractivity contribution in [3.8, 4) is 0 Å². The van der Waals surface area contributed by atoms with Gasteiger partial charge in [-0.1, -0.05) is 11.6 Å². The highest BCUT2D eigenvalue weighted by Crippen LogP contribution is 2.65. The largest absolute Gasteiger partial charge is 0.349 e. The number of aromatic nitrogens is 1. The van der Waals surface area contributed by atoms with Gasteiger partial charge in [-0.2, -0.15) is 0 Å². The van der Waals surface area contributed by atoms with Crippen LogP contribution in [0.3, 0.4) is 0 Å². The average molecular weight is 263 g/mol. The molecule has 2 bridgehead atoms. The highest BCUT2D eigenvalue weighted by Gasteiger charge is 2.65. The van der Waals surface area contributed by atoms with Crippen molar-refractivity contribution < 1.29 is 4.79 Å². The lowest BCUT2D eigenvalue weighted by Crippen LogP contribution is -2.29. The topological polar surface area (TPSA) is 42.0 Å². The number of nitrogens with one attached hydrogen (secondary N) is 1. The van der Waals surface area contributed by atoms with Crippen molar-refractivity contribution in [2.45, 2.75) is 25.3 Å². The first-order chi connectivity index (χ1) is 8.74. The number of rotatable bonds is 2. The molecule has 3 aliphatic rings. The smallest absolute Gasteiger partial charge is 0.253 e. The molecule has 3 fully saturated rings. The van der Waals surface area contributed by atoms with Gasteiger partial charge in [0.25, 0.3) is 5.91 Å². The quantitative estimate of drug-likeness (QED) is 0.832. The molecule has 4 heteroatoms. The highest BCUT2D eigenvalue weighted by molar-refractivity contribution is 6.29. The number of hydrogen-bond acceptors (Lipinski definition) is 2. The van der Waals surface area contributed by atoms with Crippen molar-refractivity contribution in [3.05, 3.63) is 29.0 Å². The second-order valence-corrected chi connectivity index (χ2v) is 6.24. The normalized spacial score (nSPS) is 39.5. The minimum atomic E-state index is -0.00188. The maximum atomic E-state index is 12.1. The summed E-state index contributed by atoms with van der Waals surface area (Å²) in [7, 11) is 0. The summed E-state index contributed by atoms with van der Waals surface area (Å²) in [6.45, 7) is 0. The summed E-state index contributed by atoms with van der Waals surface area (Å²) < 4.78 is 0. The molecule has 94 valence electrons. The van der Waals surface area contributed by atoms with Gasteiger partial charge in [0.05, 0.1) is 5.56 Å². The van der Waals surface area contributed by atoms with Crippen LogP contribution in [0.4, 0.5) is 0 Å². The van der Waals surface area contributed by atoms with Gasteiger partial charge in [-0.3, -0.25) is 4.79 Å². The predicted molar refractivity (Wildman–Crippen MR) is 68.3 cm³/mol. The third kappa shape index (κ3) is 1.50. The predicted octanol–water partition coefficient (Wildman–Crippen LogP) is 2.51. The Morgan fingerprint density at radius 3 is 2.61 bits per heavy atom. The molecule has 3 nitrogen and oxygen atoms in total. The van der Waals surface area contributed by atoms with E-state index in [0.29, 0.717) is 16.8 Å². The van der Waals surface area contributed by atoms with Gasteiger partial charge in [0.1, 0.15) is 5.15 Å². The Balaban J connectivity index is 1.44. The fraction of sp³-hybridized carbons (Fsp3) is 0.571. The van der Waals surface area contributed by atoms with Gasteiger partial charge in [0.15, 0.2) is 0 Å². The molecule has 3 saturated carbocycles. The Labute approximate surface area is 111 Å². The molecular weight excluding hydrogens is 248 g/mol. The Hall–Kier alpha value is -1.09. The van der Waals surface area contributed by atoms with Crippen molar-refractivity contribution in [3.63, 3.8) is 0 Å². The second kappa shape index (κ2) is 3.70. The molecule has 0 spiro atoms. The summed E-state index contributed by atoms with van der Waals surface area (Å²) in [4.78, 5) is 16.0. The lowest BCUT2D eigenvalue weighted by Gasteiger charge is -2.10. The van der Waals surface area contributed by atoms with Crippen LogP contribution in [0.2, 0.25) is 5.15 Å². The zero-order chi connectivity index (χ0) is 12.3. The number of nitrogens with zero attached hydrogens (tertiary/aromatic N) is 1. The summed E-state index contributed by atoms with van der Waals surface area (Å²) in [6.07, 6.45) is 5.70. The number of carbonyl (C=O) groups excluding carboxylic acids is 1. The van der Waals surface area contributed by atoms with E-state index in [4.69, 9.17) is 11.6 Å². The van der Waals surface area contributed by atoms with E-state index in [9.17, 15) is 4.79 Å². The van der Waals surface area contributed by atoms with E-state index >= 15 is 0 Å². The fourth-order valence-corrected chi connectivity index (χ4v) is 4.38. The first-order valence-corrected chi connectivity index (χ1v) is 7.04. The molecule has 18 heavy (non-hydrogen) atoms. The van der Waals surface area contributed by atoms with Crippen LogP contribution in [0.25, 0.3) is 0 Å². The summed E-state index contributed by atoms with van der Waals surface area (Å²) in [5.41, 5.74) is 0.608. The lowest BCUT2D eigenvalue weighted by atomic mass is 10.0. The number of pyridine rings is 1. The van der Waals surface area contributed by atoms with Gasteiger partial charge >= 0.3 is 0 Å². The zero-order valence-corrected chi connectivity index (χ0v) is 10.7. The molecule has 1 aromatic heterocycles. The number of carbonyl (C=O) groups is 1. The third-order valence-corrected chi connectivity index (χ3v) is 5.25. The Bertz CT molecular complexity index is 485. The third-order valence-electron chi connectivity index (χ3n) is 5.02. The first kappa shape index (κ1) is 10.8. The van der Waals surface area contributed by atoms with Gasteiger partial charge in [-0.15, -0.1) is 0 Å². The molecule has 4 atom stereocenters. The van der Waals surface area contributed by atoms with E-state index in [1.54, 1.807) is 18.3 Å². The van der Waals surface area contributed by atoms with Gasteiger partial charge in [0, 0.05) is 12.2 Å². The van der Waals surface area contributed by atoms with Crippen LogP contribution in [0.15, 0.2) is 18.3 Å². The van der Waals surface area contributed by atoms with Gasteiger partial charge in [-0.25, -0.2) is 4.98 Å². The second-order valence-electron chi connectivity index (χ2n) is 5.86. The molecule has 4 rings (SSSR count). The first-order valence-electron chi connectivity index (χ1n) is 6.66. The van der Waals surface area contributed by atoms with Crippen LogP contribution in [0, 0.1) is 23.7 Å². The SMILES string of the molecule is O=C(NC1C2C3CCC(C3)C12)c1ccc(Cl)nc1. The average Bonchev–Trinajstić information content (AvgIpc) is 2.78. The van der Waals surface area contributed by atoms with Crippen molar-refractivity contribution >= 4 is 17.5 Å². The van der Waals surface area contributed by atoms with Crippen molar-refractivity contribution in [1.29, 1.82) is 0 Å². The summed E-state index contributed by atoms with van der Waals surface area (Å²) >= 11 is 5.72. The molecule has 1 heterocycles. The van der Waals surface area contributed by atoms with E-state index in [0.717, 1.165) is 23.7 Å². The van der Waals surface area contributed by atoms with E-state index in [1.807, 2.05) is 0 Å². The number of halogens is 1. The highest BCUT2D eigenvalue weighted by atomic mass is 35.5. The maximum Gasteiger partial charge on any atom is 0.253 e. The Kier molecular flexibility index (Phi) is 2.22. The molecule has 0 saturated heterocycles. The van der Waals surface area contributed by atoms with Crippen LogP contribution in [-0.2, 0) is 0 Å². The zero-order valence-electron chi connectivity index (χ0n) is 9.97. The minimum Gasteiger partial charge on any atom is -0.349 e. The lowest BCUT2D eigenvalue weighted by molar-refractivity contribution is 0.0944. The van der Waals surface area contributed by atoms with Crippen LogP contribution in [0.5, 0.6) is 0 Å². The summed E-state index contributed by atoms with van der Waals surface area (Å²) in [5, 5.41) is 3.59. The van der Waals surface area contributed by atoms with E-state index in [1.165, 1.54) is 19.3 Å². The van der Waals surface area contributed by atoms with E-state index < -0.39 is 0 Å². The van der Waals surface area contributed by atoms with E-state index in [-0.39, 0.29) is 5.91 Å². The molecule has 1 amide bonds. The minimum absolute atomic E-state index is 0.00188. The monoisotopic (exact) mass is 262 g/mol. The molecule has 0 aromatic carbocycles. The molecule has 0 aliphatic heterocycles. The Morgan fingerprint density at radius 2 is 2.00 bits per heavy atom. The van der Waals surface area contributed by atoms with Crippen LogP contribution < -0.4 is 5.32 Å². The maximum absolute atomic E-state index is 12.1. The van der Waals surface area contributed by atoms with Crippen LogP contribution in [0.1, 0.15) is 29.6 Å². The van der Waals surface area contributed by atoms with Gasteiger partial charge < -0.3 is 5.32 Å². The summed E-state index contributed by atoms with van der Waals surface area (Å²) in [5.74, 6) is 3.31. The van der Waals surface area contributed by atoms with Gasteiger partial charge in [0.2, 0.25) is 0 Å². The fourth-order valence-electron chi connectivity index (χ4n) is 4.26.